The Hall–Kier alpha value is -0.410. The Labute approximate surface area is 94.0 Å². The van der Waals surface area contributed by atoms with Gasteiger partial charge in [-0.15, -0.1) is 0 Å². The molecule has 0 spiro atoms. The van der Waals surface area contributed by atoms with Gasteiger partial charge in [0.05, 0.1) is 0 Å². The molecule has 1 heterocycles. The van der Waals surface area contributed by atoms with Crippen LogP contribution in [0.5, 0.6) is 0 Å². The van der Waals surface area contributed by atoms with Gasteiger partial charge in [-0.2, -0.15) is 0 Å². The molecule has 2 N–H and O–H groups in total. The minimum absolute atomic E-state index is 0.0694. The zero-order chi connectivity index (χ0) is 10.8. The summed E-state index contributed by atoms with van der Waals surface area (Å²) in [6, 6.07) is 2.10. The van der Waals surface area contributed by atoms with Crippen molar-refractivity contribution in [2.45, 2.75) is 33.2 Å². The summed E-state index contributed by atoms with van der Waals surface area (Å²) in [4.78, 5) is 4.11. The van der Waals surface area contributed by atoms with Crippen molar-refractivity contribution in [3.63, 3.8) is 0 Å². The van der Waals surface area contributed by atoms with E-state index in [2.05, 4.69) is 41.7 Å². The number of hydrogen-bond acceptors (Lipinski definition) is 2. The highest BCUT2D eigenvalue weighted by atomic mass is 79.9. The second-order valence-electron chi connectivity index (χ2n) is 4.81. The van der Waals surface area contributed by atoms with Crippen molar-refractivity contribution in [1.29, 1.82) is 0 Å². The minimum Gasteiger partial charge on any atom is -0.324 e. The highest BCUT2D eigenvalue weighted by Gasteiger charge is 2.17. The normalized spacial score (nSPS) is 14.1. The lowest BCUT2D eigenvalue weighted by Gasteiger charge is -2.23. The van der Waals surface area contributed by atoms with Gasteiger partial charge < -0.3 is 5.73 Å². The van der Waals surface area contributed by atoms with E-state index in [9.17, 15) is 0 Å². The molecule has 0 aliphatic carbocycles. The largest absolute Gasteiger partial charge is 0.324 e. The second kappa shape index (κ2) is 4.41. The van der Waals surface area contributed by atoms with E-state index in [0.717, 1.165) is 16.5 Å². The zero-order valence-electron chi connectivity index (χ0n) is 8.92. The predicted octanol–water partition coefficient (Wildman–Crippen LogP) is 3.28. The van der Waals surface area contributed by atoms with Crippen LogP contribution in [0.2, 0.25) is 0 Å². The Morgan fingerprint density at radius 1 is 1.43 bits per heavy atom. The third-order valence-corrected chi connectivity index (χ3v) is 2.42. The highest BCUT2D eigenvalue weighted by Crippen LogP contribution is 2.28. The van der Waals surface area contributed by atoms with E-state index in [1.165, 1.54) is 0 Å². The van der Waals surface area contributed by atoms with Crippen LogP contribution in [0.3, 0.4) is 0 Å². The molecule has 0 saturated carbocycles. The minimum atomic E-state index is 0.0694. The average Bonchev–Trinajstić information content (AvgIpc) is 2.01. The number of pyridine rings is 1. The number of halogens is 1. The third-order valence-electron chi connectivity index (χ3n) is 1.99. The second-order valence-corrected chi connectivity index (χ2v) is 5.72. The predicted molar refractivity (Wildman–Crippen MR) is 62.9 cm³/mol. The molecule has 0 aliphatic rings. The van der Waals surface area contributed by atoms with Crippen LogP contribution in [0.25, 0.3) is 0 Å². The third kappa shape index (κ3) is 3.76. The molecule has 1 aromatic heterocycles. The van der Waals surface area contributed by atoms with Gasteiger partial charge in [0, 0.05) is 22.9 Å². The van der Waals surface area contributed by atoms with Crippen LogP contribution >= 0.6 is 15.9 Å². The molecule has 0 bridgehead atoms. The molecule has 1 aromatic rings. The zero-order valence-corrected chi connectivity index (χ0v) is 10.5. The smallest absolute Gasteiger partial charge is 0.0410 e. The first kappa shape index (κ1) is 11.7. The van der Waals surface area contributed by atoms with E-state index in [1.54, 1.807) is 6.20 Å². The van der Waals surface area contributed by atoms with Gasteiger partial charge in [0.2, 0.25) is 0 Å². The van der Waals surface area contributed by atoms with Crippen LogP contribution in [-0.2, 0) is 0 Å². The first-order valence-corrected chi connectivity index (χ1v) is 5.54. The van der Waals surface area contributed by atoms with Gasteiger partial charge in [0.1, 0.15) is 0 Å². The maximum atomic E-state index is 6.09. The van der Waals surface area contributed by atoms with Gasteiger partial charge >= 0.3 is 0 Å². The summed E-state index contributed by atoms with van der Waals surface area (Å²) in [5, 5.41) is 0. The summed E-state index contributed by atoms with van der Waals surface area (Å²) in [6.07, 6.45) is 4.57. The van der Waals surface area contributed by atoms with Crippen molar-refractivity contribution in [1.82, 2.24) is 4.98 Å². The van der Waals surface area contributed by atoms with Gasteiger partial charge in [-0.05, 0) is 39.4 Å². The first-order chi connectivity index (χ1) is 6.38. The lowest BCUT2D eigenvalue weighted by atomic mass is 9.86. The quantitative estimate of drug-likeness (QED) is 0.883. The fourth-order valence-corrected chi connectivity index (χ4v) is 1.79. The highest BCUT2D eigenvalue weighted by molar-refractivity contribution is 9.10. The van der Waals surface area contributed by atoms with Crippen LogP contribution in [0, 0.1) is 5.41 Å². The van der Waals surface area contributed by atoms with Crippen LogP contribution in [-0.4, -0.2) is 4.98 Å². The lowest BCUT2D eigenvalue weighted by Crippen LogP contribution is -2.18. The maximum absolute atomic E-state index is 6.09. The fraction of sp³-hybridized carbons (Fsp3) is 0.545. The van der Waals surface area contributed by atoms with Crippen molar-refractivity contribution in [3.05, 3.63) is 28.5 Å². The Balaban J connectivity index is 2.74. The van der Waals surface area contributed by atoms with Crippen LogP contribution < -0.4 is 5.73 Å². The van der Waals surface area contributed by atoms with Crippen molar-refractivity contribution in [2.24, 2.45) is 11.1 Å². The molecule has 0 aromatic carbocycles. The Kier molecular flexibility index (Phi) is 3.67. The Morgan fingerprint density at radius 2 is 2.07 bits per heavy atom. The van der Waals surface area contributed by atoms with E-state index < -0.39 is 0 Å². The Bertz CT molecular complexity index is 304. The summed E-state index contributed by atoms with van der Waals surface area (Å²) in [5.74, 6) is 0. The first-order valence-electron chi connectivity index (χ1n) is 4.74. The van der Waals surface area contributed by atoms with Gasteiger partial charge in [0.15, 0.2) is 0 Å². The molecule has 78 valence electrons. The van der Waals surface area contributed by atoms with Crippen LogP contribution in [0.4, 0.5) is 0 Å². The molecule has 0 fully saturated rings. The number of hydrogen-bond donors (Lipinski definition) is 1. The molecular weight excluding hydrogens is 240 g/mol. The van der Waals surface area contributed by atoms with E-state index in [-0.39, 0.29) is 11.5 Å². The fourth-order valence-electron chi connectivity index (χ4n) is 1.41. The molecule has 0 saturated heterocycles. The van der Waals surface area contributed by atoms with Crippen LogP contribution in [0.1, 0.15) is 38.8 Å². The van der Waals surface area contributed by atoms with Gasteiger partial charge in [0.25, 0.3) is 0 Å². The number of aromatic nitrogens is 1. The molecule has 1 atom stereocenters. The SMILES string of the molecule is CC(C)(C)CC(N)c1cncc(Br)c1. The van der Waals surface area contributed by atoms with Crippen molar-refractivity contribution >= 4 is 15.9 Å². The van der Waals surface area contributed by atoms with Gasteiger partial charge in [-0.3, -0.25) is 4.98 Å². The Morgan fingerprint density at radius 3 is 2.57 bits per heavy atom. The van der Waals surface area contributed by atoms with Crippen molar-refractivity contribution in [2.75, 3.05) is 0 Å². The topological polar surface area (TPSA) is 38.9 Å². The summed E-state index contributed by atoms with van der Waals surface area (Å²) in [7, 11) is 0. The number of nitrogens with zero attached hydrogens (tertiary/aromatic N) is 1. The van der Waals surface area contributed by atoms with E-state index in [0.29, 0.717) is 0 Å². The number of rotatable bonds is 2. The summed E-state index contributed by atoms with van der Waals surface area (Å²) in [5.41, 5.74) is 7.43. The summed E-state index contributed by atoms with van der Waals surface area (Å²) < 4.78 is 0.986. The van der Waals surface area contributed by atoms with Crippen LogP contribution in [0.15, 0.2) is 22.9 Å². The van der Waals surface area contributed by atoms with E-state index in [1.807, 2.05) is 12.3 Å². The molecule has 1 rings (SSSR count). The monoisotopic (exact) mass is 256 g/mol. The maximum Gasteiger partial charge on any atom is 0.0410 e. The average molecular weight is 257 g/mol. The van der Waals surface area contributed by atoms with E-state index in [4.69, 9.17) is 5.73 Å². The summed E-state index contributed by atoms with van der Waals surface area (Å²) >= 11 is 3.39. The number of nitrogens with two attached hydrogens (primary N) is 1. The molecule has 1 unspecified atom stereocenters. The molecule has 2 nitrogen and oxygen atoms in total. The molecule has 0 aliphatic heterocycles. The molecule has 0 radical (unpaired) electrons. The lowest BCUT2D eigenvalue weighted by molar-refractivity contribution is 0.342. The molecular formula is C11H17BrN2. The summed E-state index contributed by atoms with van der Waals surface area (Å²) in [6.45, 7) is 6.58. The van der Waals surface area contributed by atoms with Gasteiger partial charge in [-0.25, -0.2) is 0 Å². The van der Waals surface area contributed by atoms with Gasteiger partial charge in [-0.1, -0.05) is 20.8 Å². The molecule has 0 amide bonds. The van der Waals surface area contributed by atoms with Crippen molar-refractivity contribution < 1.29 is 0 Å². The molecule has 14 heavy (non-hydrogen) atoms. The standard InChI is InChI=1S/C11H17BrN2/c1-11(2,3)5-10(13)8-4-9(12)7-14-6-8/h4,6-7,10H,5,13H2,1-3H3. The van der Waals surface area contributed by atoms with Crippen molar-refractivity contribution in [3.8, 4) is 0 Å². The molecule has 3 heteroatoms. The van der Waals surface area contributed by atoms with E-state index >= 15 is 0 Å².